The lowest BCUT2D eigenvalue weighted by atomic mass is 9.83. The highest BCUT2D eigenvalue weighted by Gasteiger charge is 2.28. The molecule has 3 nitrogen and oxygen atoms in total. The number of para-hydroxylation sites is 2. The van der Waals surface area contributed by atoms with E-state index in [-0.39, 0.29) is 5.41 Å². The molecule has 0 atom stereocenters. The lowest BCUT2D eigenvalue weighted by Crippen LogP contribution is -2.27. The molecule has 0 N–H and O–H groups in total. The summed E-state index contributed by atoms with van der Waals surface area (Å²) in [6.45, 7) is 13.6. The van der Waals surface area contributed by atoms with Gasteiger partial charge in [-0.05, 0) is 53.6 Å². The first-order valence-electron chi connectivity index (χ1n) is 10.9. The van der Waals surface area contributed by atoms with E-state index < -0.39 is 0 Å². The van der Waals surface area contributed by atoms with Crippen molar-refractivity contribution >= 4 is 38.5 Å². The summed E-state index contributed by atoms with van der Waals surface area (Å²) >= 11 is 0. The van der Waals surface area contributed by atoms with E-state index in [9.17, 15) is 0 Å². The summed E-state index contributed by atoms with van der Waals surface area (Å²) < 4.78 is 4.76. The molecule has 0 radical (unpaired) electrons. The monoisotopic (exact) mass is 396 g/mol. The predicted octanol–water partition coefficient (Wildman–Crippen LogP) is 6.35. The maximum absolute atomic E-state index is 5.27. The Labute approximate surface area is 178 Å². The van der Waals surface area contributed by atoms with Crippen molar-refractivity contribution in [2.75, 3.05) is 0 Å². The van der Waals surface area contributed by atoms with Gasteiger partial charge >= 0.3 is 0 Å². The molecule has 5 rings (SSSR count). The van der Waals surface area contributed by atoms with Crippen LogP contribution in [0.1, 0.15) is 57.4 Å². The second kappa shape index (κ2) is 6.28. The third-order valence-electron chi connectivity index (χ3n) is 6.39. The standard InChI is InChI=1S/C27H30N3/c1-16(2)19-15-17(3)23-25(28-19)24-18(27(4,5)6)11-10-14-22(24)30-21-13-9-8-12-20(21)29(7)26(23)30/h8-16H,1-7H3/q+1. The lowest BCUT2D eigenvalue weighted by molar-refractivity contribution is -0.617. The second-order valence-corrected chi connectivity index (χ2v) is 9.90. The minimum absolute atomic E-state index is 0.0225. The van der Waals surface area contributed by atoms with Gasteiger partial charge in [0.25, 0.3) is 5.65 Å². The molecule has 3 heterocycles. The number of aryl methyl sites for hydroxylation is 2. The van der Waals surface area contributed by atoms with Crippen LogP contribution in [0.25, 0.3) is 38.5 Å². The van der Waals surface area contributed by atoms with E-state index in [2.05, 4.69) is 106 Å². The van der Waals surface area contributed by atoms with Gasteiger partial charge in [0, 0.05) is 5.69 Å². The third-order valence-corrected chi connectivity index (χ3v) is 6.39. The number of nitrogens with zero attached hydrogens (tertiary/aromatic N) is 3. The Morgan fingerprint density at radius 3 is 2.33 bits per heavy atom. The van der Waals surface area contributed by atoms with Gasteiger partial charge in [0.15, 0.2) is 11.0 Å². The molecule has 0 aliphatic rings. The first-order chi connectivity index (χ1) is 14.2. The highest BCUT2D eigenvalue weighted by atomic mass is 15.1. The topological polar surface area (TPSA) is 21.2 Å². The molecule has 0 saturated carbocycles. The molecular formula is C27H30N3+. The number of hydrogen-bond donors (Lipinski definition) is 0. The fourth-order valence-electron chi connectivity index (χ4n) is 4.90. The van der Waals surface area contributed by atoms with Crippen LogP contribution in [0, 0.1) is 6.92 Å². The van der Waals surface area contributed by atoms with Crippen molar-refractivity contribution < 1.29 is 4.57 Å². The summed E-state index contributed by atoms with van der Waals surface area (Å²) in [5.41, 5.74) is 9.87. The summed E-state index contributed by atoms with van der Waals surface area (Å²) in [6, 6.07) is 17.7. The van der Waals surface area contributed by atoms with E-state index in [1.807, 2.05) is 0 Å². The van der Waals surface area contributed by atoms with Gasteiger partial charge in [0.2, 0.25) is 0 Å². The molecule has 3 heteroatoms. The van der Waals surface area contributed by atoms with Gasteiger partial charge in [-0.3, -0.25) is 4.98 Å². The van der Waals surface area contributed by atoms with Crippen molar-refractivity contribution in [1.82, 2.24) is 9.38 Å². The number of aromatic nitrogens is 3. The van der Waals surface area contributed by atoms with Crippen LogP contribution in [-0.4, -0.2) is 9.38 Å². The molecule has 152 valence electrons. The van der Waals surface area contributed by atoms with Gasteiger partial charge < -0.3 is 0 Å². The average molecular weight is 397 g/mol. The minimum atomic E-state index is 0.0225. The SMILES string of the molecule is Cc1cc(C(C)C)nc2c3c(C(C)(C)C)cccc3n3c4ccccc4[n+](C)c3c12. The number of imidazole rings is 1. The number of pyridine rings is 2. The Kier molecular flexibility index (Phi) is 3.99. The van der Waals surface area contributed by atoms with Gasteiger partial charge in [-0.2, -0.15) is 4.40 Å². The van der Waals surface area contributed by atoms with Crippen LogP contribution in [0.15, 0.2) is 48.5 Å². The maximum atomic E-state index is 5.27. The zero-order valence-electron chi connectivity index (χ0n) is 19.0. The van der Waals surface area contributed by atoms with Crippen LogP contribution in [0.4, 0.5) is 0 Å². The molecule has 0 saturated heterocycles. The fraction of sp³-hybridized carbons (Fsp3) is 0.333. The average Bonchev–Trinajstić information content (AvgIpc) is 2.99. The number of hydrogen-bond acceptors (Lipinski definition) is 1. The van der Waals surface area contributed by atoms with E-state index in [1.165, 1.54) is 44.1 Å². The van der Waals surface area contributed by atoms with Crippen molar-refractivity contribution in [2.24, 2.45) is 7.05 Å². The van der Waals surface area contributed by atoms with Gasteiger partial charge in [-0.1, -0.05) is 58.9 Å². The van der Waals surface area contributed by atoms with E-state index >= 15 is 0 Å². The molecule has 5 aromatic rings. The molecular weight excluding hydrogens is 366 g/mol. The van der Waals surface area contributed by atoms with Crippen molar-refractivity contribution in [3.05, 3.63) is 65.4 Å². The largest absolute Gasteiger partial charge is 0.297 e. The zero-order valence-corrected chi connectivity index (χ0v) is 19.0. The highest BCUT2D eigenvalue weighted by Crippen LogP contribution is 2.38. The van der Waals surface area contributed by atoms with Crippen LogP contribution < -0.4 is 4.57 Å². The van der Waals surface area contributed by atoms with Crippen LogP contribution >= 0.6 is 0 Å². The first-order valence-corrected chi connectivity index (χ1v) is 10.9. The van der Waals surface area contributed by atoms with Gasteiger partial charge in [0.1, 0.15) is 5.52 Å². The highest BCUT2D eigenvalue weighted by molar-refractivity contribution is 6.13. The molecule has 0 aliphatic carbocycles. The summed E-state index contributed by atoms with van der Waals surface area (Å²) in [6.07, 6.45) is 0. The number of rotatable bonds is 1. The molecule has 2 aromatic carbocycles. The van der Waals surface area contributed by atoms with Crippen LogP contribution in [0.3, 0.4) is 0 Å². The number of fused-ring (bicyclic) bond motifs is 8. The van der Waals surface area contributed by atoms with Crippen LogP contribution in [-0.2, 0) is 12.5 Å². The van der Waals surface area contributed by atoms with Gasteiger partial charge in [0.05, 0.1) is 23.3 Å². The summed E-state index contributed by atoms with van der Waals surface area (Å²) in [7, 11) is 2.17. The Bertz CT molecular complexity index is 1460. The van der Waals surface area contributed by atoms with Crippen molar-refractivity contribution in [3.8, 4) is 0 Å². The molecule has 0 aliphatic heterocycles. The van der Waals surface area contributed by atoms with Gasteiger partial charge in [-0.25, -0.2) is 4.57 Å². The first kappa shape index (κ1) is 19.0. The smallest absolute Gasteiger partial charge is 0.251 e. The predicted molar refractivity (Wildman–Crippen MR) is 126 cm³/mol. The molecule has 0 amide bonds. The van der Waals surface area contributed by atoms with Crippen molar-refractivity contribution in [3.63, 3.8) is 0 Å². The Morgan fingerprint density at radius 2 is 1.63 bits per heavy atom. The fourth-order valence-corrected chi connectivity index (χ4v) is 4.90. The third kappa shape index (κ3) is 2.51. The second-order valence-electron chi connectivity index (χ2n) is 9.90. The maximum Gasteiger partial charge on any atom is 0.297 e. The minimum Gasteiger partial charge on any atom is -0.251 e. The van der Waals surface area contributed by atoms with Gasteiger partial charge in [-0.15, -0.1) is 0 Å². The van der Waals surface area contributed by atoms with Crippen LogP contribution in [0.5, 0.6) is 0 Å². The van der Waals surface area contributed by atoms with Crippen molar-refractivity contribution in [1.29, 1.82) is 0 Å². The molecule has 0 unspecified atom stereocenters. The Morgan fingerprint density at radius 1 is 0.933 bits per heavy atom. The summed E-state index contributed by atoms with van der Waals surface area (Å²) in [4.78, 5) is 5.27. The molecule has 30 heavy (non-hydrogen) atoms. The molecule has 0 bridgehead atoms. The molecule has 0 fully saturated rings. The molecule has 0 spiro atoms. The van der Waals surface area contributed by atoms with E-state index in [1.54, 1.807) is 0 Å². The van der Waals surface area contributed by atoms with Crippen LogP contribution in [0.2, 0.25) is 0 Å². The normalized spacial score (nSPS) is 12.8. The number of benzene rings is 2. The molecule has 3 aromatic heterocycles. The van der Waals surface area contributed by atoms with E-state index in [0.29, 0.717) is 5.92 Å². The Hall–Kier alpha value is -2.94. The summed E-state index contributed by atoms with van der Waals surface area (Å²) in [5, 5.41) is 2.53. The summed E-state index contributed by atoms with van der Waals surface area (Å²) in [5.74, 6) is 0.390. The lowest BCUT2D eigenvalue weighted by Gasteiger charge is -2.22. The quantitative estimate of drug-likeness (QED) is 0.239. The van der Waals surface area contributed by atoms with E-state index in [0.717, 1.165) is 11.2 Å². The zero-order chi connectivity index (χ0) is 21.4. The Balaban J connectivity index is 2.21. The van der Waals surface area contributed by atoms with E-state index in [4.69, 9.17) is 4.98 Å². The van der Waals surface area contributed by atoms with Crippen molar-refractivity contribution in [2.45, 2.75) is 52.9 Å².